The highest BCUT2D eigenvalue weighted by molar-refractivity contribution is 5.93. The van der Waals surface area contributed by atoms with Gasteiger partial charge in [0.15, 0.2) is 0 Å². The molecular formula is C19H21N3O3. The fourth-order valence-corrected chi connectivity index (χ4v) is 2.02. The summed E-state index contributed by atoms with van der Waals surface area (Å²) in [4.78, 5) is 23.5. The Hall–Kier alpha value is -3.15. The number of carbonyl (C=O) groups is 2. The van der Waals surface area contributed by atoms with Crippen LogP contribution in [0.5, 0.6) is 5.75 Å². The number of rotatable bonds is 8. The quantitative estimate of drug-likeness (QED) is 0.573. The highest BCUT2D eigenvalue weighted by Crippen LogP contribution is 2.10. The van der Waals surface area contributed by atoms with Crippen molar-refractivity contribution < 1.29 is 14.3 Å². The molecule has 130 valence electrons. The standard InChI is InChI=1S/C19H21N3O3/c1-2-25-17-10-8-15(9-11-17)14-20-22-19(24)13-12-18(23)21-16-6-4-3-5-7-16/h3-11,14H,2,12-13H2,1H3,(H,21,23)(H,22,24). The van der Waals surface area contributed by atoms with Crippen molar-refractivity contribution >= 4 is 23.7 Å². The minimum absolute atomic E-state index is 0.0687. The molecule has 0 spiro atoms. The Kier molecular flexibility index (Phi) is 7.18. The van der Waals surface area contributed by atoms with Crippen molar-refractivity contribution in [3.63, 3.8) is 0 Å². The number of nitrogens with zero attached hydrogens (tertiary/aromatic N) is 1. The van der Waals surface area contributed by atoms with Crippen molar-refractivity contribution in [1.82, 2.24) is 5.43 Å². The summed E-state index contributed by atoms with van der Waals surface area (Å²) in [6.45, 7) is 2.53. The van der Waals surface area contributed by atoms with E-state index < -0.39 is 0 Å². The second kappa shape index (κ2) is 9.87. The fraction of sp³-hybridized carbons (Fsp3) is 0.211. The third kappa shape index (κ3) is 6.87. The van der Waals surface area contributed by atoms with Gasteiger partial charge >= 0.3 is 0 Å². The first-order valence-corrected chi connectivity index (χ1v) is 8.07. The predicted octanol–water partition coefficient (Wildman–Crippen LogP) is 2.95. The van der Waals surface area contributed by atoms with Gasteiger partial charge in [-0.15, -0.1) is 0 Å². The Morgan fingerprint density at radius 2 is 1.68 bits per heavy atom. The first-order valence-electron chi connectivity index (χ1n) is 8.07. The number of hydrogen-bond acceptors (Lipinski definition) is 4. The Morgan fingerprint density at radius 3 is 2.36 bits per heavy atom. The first kappa shape index (κ1) is 18.2. The summed E-state index contributed by atoms with van der Waals surface area (Å²) in [5.74, 6) is 0.260. The van der Waals surface area contributed by atoms with Crippen LogP contribution in [0.15, 0.2) is 59.7 Å². The van der Waals surface area contributed by atoms with Gasteiger partial charge in [-0.3, -0.25) is 9.59 Å². The van der Waals surface area contributed by atoms with Crippen LogP contribution in [-0.4, -0.2) is 24.6 Å². The largest absolute Gasteiger partial charge is 0.494 e. The molecule has 2 rings (SSSR count). The molecule has 0 radical (unpaired) electrons. The average molecular weight is 339 g/mol. The summed E-state index contributed by atoms with van der Waals surface area (Å²) < 4.78 is 5.35. The molecule has 0 saturated carbocycles. The second-order valence-electron chi connectivity index (χ2n) is 5.21. The van der Waals surface area contributed by atoms with Gasteiger partial charge in [-0.2, -0.15) is 5.10 Å². The fourth-order valence-electron chi connectivity index (χ4n) is 2.02. The van der Waals surface area contributed by atoms with Gasteiger partial charge in [0.1, 0.15) is 5.75 Å². The molecule has 0 saturated heterocycles. The van der Waals surface area contributed by atoms with Crippen LogP contribution < -0.4 is 15.5 Å². The van der Waals surface area contributed by atoms with Crippen molar-refractivity contribution in [2.75, 3.05) is 11.9 Å². The van der Waals surface area contributed by atoms with E-state index in [0.29, 0.717) is 12.3 Å². The van der Waals surface area contributed by atoms with Gasteiger partial charge in [0, 0.05) is 18.5 Å². The summed E-state index contributed by atoms with van der Waals surface area (Å²) in [7, 11) is 0. The molecule has 2 aromatic rings. The first-order chi connectivity index (χ1) is 12.2. The molecule has 0 aliphatic heterocycles. The minimum Gasteiger partial charge on any atom is -0.494 e. The van der Waals surface area contributed by atoms with Gasteiger partial charge in [-0.05, 0) is 48.9 Å². The summed E-state index contributed by atoms with van der Waals surface area (Å²) >= 11 is 0. The zero-order chi connectivity index (χ0) is 17.9. The number of amides is 2. The van der Waals surface area contributed by atoms with Crippen LogP contribution in [0.2, 0.25) is 0 Å². The topological polar surface area (TPSA) is 79.8 Å². The van der Waals surface area contributed by atoms with Gasteiger partial charge in [0.2, 0.25) is 11.8 Å². The maximum absolute atomic E-state index is 11.8. The third-order valence-corrected chi connectivity index (χ3v) is 3.23. The molecule has 0 atom stereocenters. The van der Waals surface area contributed by atoms with E-state index >= 15 is 0 Å². The van der Waals surface area contributed by atoms with E-state index in [1.807, 2.05) is 49.4 Å². The molecule has 0 heterocycles. The third-order valence-electron chi connectivity index (χ3n) is 3.23. The van der Waals surface area contributed by atoms with Crippen molar-refractivity contribution in [2.24, 2.45) is 5.10 Å². The number of anilines is 1. The molecule has 0 fully saturated rings. The van der Waals surface area contributed by atoms with Crippen molar-refractivity contribution in [1.29, 1.82) is 0 Å². The molecular weight excluding hydrogens is 318 g/mol. The molecule has 0 unspecified atom stereocenters. The lowest BCUT2D eigenvalue weighted by molar-refractivity contribution is -0.124. The van der Waals surface area contributed by atoms with Crippen LogP contribution in [0.1, 0.15) is 25.3 Å². The van der Waals surface area contributed by atoms with Gasteiger partial charge < -0.3 is 10.1 Å². The highest BCUT2D eigenvalue weighted by Gasteiger charge is 2.06. The maximum Gasteiger partial charge on any atom is 0.240 e. The number of benzene rings is 2. The Morgan fingerprint density at radius 1 is 1.00 bits per heavy atom. The predicted molar refractivity (Wildman–Crippen MR) is 97.7 cm³/mol. The van der Waals surface area contributed by atoms with E-state index in [-0.39, 0.29) is 24.7 Å². The molecule has 6 nitrogen and oxygen atoms in total. The Balaban J connectivity index is 1.70. The lowest BCUT2D eigenvalue weighted by Gasteiger charge is -2.04. The summed E-state index contributed by atoms with van der Waals surface area (Å²) in [5.41, 5.74) is 3.96. The van der Waals surface area contributed by atoms with E-state index in [2.05, 4.69) is 15.8 Å². The van der Waals surface area contributed by atoms with Crippen molar-refractivity contribution in [3.05, 3.63) is 60.2 Å². The summed E-state index contributed by atoms with van der Waals surface area (Å²) in [5, 5.41) is 6.61. The molecule has 2 N–H and O–H groups in total. The second-order valence-corrected chi connectivity index (χ2v) is 5.21. The van der Waals surface area contributed by atoms with Crippen LogP contribution in [0.25, 0.3) is 0 Å². The van der Waals surface area contributed by atoms with Crippen LogP contribution in [-0.2, 0) is 9.59 Å². The van der Waals surface area contributed by atoms with Crippen LogP contribution >= 0.6 is 0 Å². The molecule has 2 amide bonds. The molecule has 6 heteroatoms. The number of para-hydroxylation sites is 1. The van der Waals surface area contributed by atoms with Crippen LogP contribution in [0.3, 0.4) is 0 Å². The normalized spacial score (nSPS) is 10.4. The number of ether oxygens (including phenoxy) is 1. The van der Waals surface area contributed by atoms with E-state index in [1.54, 1.807) is 12.1 Å². The average Bonchev–Trinajstić information content (AvgIpc) is 2.63. The van der Waals surface area contributed by atoms with E-state index in [0.717, 1.165) is 11.3 Å². The number of carbonyl (C=O) groups excluding carboxylic acids is 2. The molecule has 0 aliphatic rings. The minimum atomic E-state index is -0.314. The zero-order valence-electron chi connectivity index (χ0n) is 14.1. The van der Waals surface area contributed by atoms with Crippen LogP contribution in [0.4, 0.5) is 5.69 Å². The smallest absolute Gasteiger partial charge is 0.240 e. The van der Waals surface area contributed by atoms with Gasteiger partial charge in [-0.1, -0.05) is 18.2 Å². The molecule has 2 aromatic carbocycles. The van der Waals surface area contributed by atoms with Crippen molar-refractivity contribution in [2.45, 2.75) is 19.8 Å². The van der Waals surface area contributed by atoms with Crippen molar-refractivity contribution in [3.8, 4) is 5.75 Å². The van der Waals surface area contributed by atoms with E-state index in [9.17, 15) is 9.59 Å². The van der Waals surface area contributed by atoms with Gasteiger partial charge in [0.25, 0.3) is 0 Å². The number of hydrogen-bond donors (Lipinski definition) is 2. The zero-order valence-corrected chi connectivity index (χ0v) is 14.1. The number of hydrazone groups is 1. The maximum atomic E-state index is 11.8. The summed E-state index contributed by atoms with van der Waals surface area (Å²) in [6.07, 6.45) is 1.70. The highest BCUT2D eigenvalue weighted by atomic mass is 16.5. The van der Waals surface area contributed by atoms with E-state index in [4.69, 9.17) is 4.74 Å². The lowest BCUT2D eigenvalue weighted by Crippen LogP contribution is -2.20. The molecule has 0 aliphatic carbocycles. The van der Waals surface area contributed by atoms with Crippen LogP contribution in [0, 0.1) is 0 Å². The molecule has 0 aromatic heterocycles. The monoisotopic (exact) mass is 339 g/mol. The lowest BCUT2D eigenvalue weighted by atomic mass is 10.2. The number of nitrogens with one attached hydrogen (secondary N) is 2. The van der Waals surface area contributed by atoms with Gasteiger partial charge in [-0.25, -0.2) is 5.43 Å². The Labute approximate surface area is 146 Å². The van der Waals surface area contributed by atoms with Gasteiger partial charge in [0.05, 0.1) is 12.8 Å². The van der Waals surface area contributed by atoms with E-state index in [1.165, 1.54) is 6.21 Å². The molecule has 25 heavy (non-hydrogen) atoms. The summed E-state index contributed by atoms with van der Waals surface area (Å²) in [6, 6.07) is 16.5. The SMILES string of the molecule is CCOc1ccc(C=NNC(=O)CCC(=O)Nc2ccccc2)cc1. The Bertz CT molecular complexity index is 712. The molecule has 0 bridgehead atoms.